The molecule has 0 aliphatic carbocycles. The number of nitrogens with one attached hydrogen (secondary N) is 2. The maximum absolute atomic E-state index is 12.8. The lowest BCUT2D eigenvalue weighted by molar-refractivity contribution is -0.120. The summed E-state index contributed by atoms with van der Waals surface area (Å²) in [4.78, 5) is 13.7. The van der Waals surface area contributed by atoms with Gasteiger partial charge in [0, 0.05) is 23.7 Å². The van der Waals surface area contributed by atoms with Gasteiger partial charge in [-0.05, 0) is 30.0 Å². The van der Waals surface area contributed by atoms with Gasteiger partial charge in [0.25, 0.3) is 10.2 Å². The van der Waals surface area contributed by atoms with Crippen LogP contribution in [-0.4, -0.2) is 45.9 Å². The highest BCUT2D eigenvalue weighted by Crippen LogP contribution is 2.32. The molecule has 146 valence electrons. The van der Waals surface area contributed by atoms with Gasteiger partial charge in [-0.25, -0.2) is 0 Å². The molecule has 1 aromatic heterocycles. The van der Waals surface area contributed by atoms with Gasteiger partial charge in [0.05, 0.1) is 20.3 Å². The molecule has 2 atom stereocenters. The fraction of sp³-hybridized carbons (Fsp3) is 0.353. The Morgan fingerprint density at radius 2 is 2.00 bits per heavy atom. The van der Waals surface area contributed by atoms with Crippen molar-refractivity contribution in [2.75, 3.05) is 26.6 Å². The molecule has 8 nitrogen and oxygen atoms in total. The molecule has 1 aromatic carbocycles. The van der Waals surface area contributed by atoms with Gasteiger partial charge in [0.1, 0.15) is 6.04 Å². The van der Waals surface area contributed by atoms with Crippen LogP contribution >= 0.6 is 11.3 Å². The lowest BCUT2D eigenvalue weighted by Crippen LogP contribution is -2.55. The molecule has 1 amide bonds. The van der Waals surface area contributed by atoms with Crippen LogP contribution in [0.4, 0.5) is 5.69 Å². The molecule has 1 fully saturated rings. The lowest BCUT2D eigenvalue weighted by Gasteiger charge is -2.35. The van der Waals surface area contributed by atoms with Crippen LogP contribution in [0.5, 0.6) is 11.5 Å². The molecule has 1 aliphatic rings. The first kappa shape index (κ1) is 19.6. The summed E-state index contributed by atoms with van der Waals surface area (Å²) >= 11 is 1.45. The lowest BCUT2D eigenvalue weighted by atomic mass is 10.1. The van der Waals surface area contributed by atoms with Gasteiger partial charge in [0.15, 0.2) is 11.5 Å². The number of hydrogen-bond donors (Lipinski definition) is 2. The smallest absolute Gasteiger partial charge is 0.280 e. The molecule has 27 heavy (non-hydrogen) atoms. The topological polar surface area (TPSA) is 97.0 Å². The summed E-state index contributed by atoms with van der Waals surface area (Å²) in [5, 5.41) is 4.64. The van der Waals surface area contributed by atoms with E-state index in [0.29, 0.717) is 23.6 Å². The molecule has 1 aliphatic heterocycles. The second-order valence-electron chi connectivity index (χ2n) is 6.02. The van der Waals surface area contributed by atoms with E-state index in [9.17, 15) is 13.2 Å². The number of anilines is 1. The van der Waals surface area contributed by atoms with Crippen molar-refractivity contribution in [3.63, 3.8) is 0 Å². The standard InChI is InChI=1S/C17H21N3O5S2/c1-20-13(10-12(19-27(20,22)23)16-5-4-8-26-16)17(21)18-11-6-7-14(24-2)15(9-11)25-3/h4-9,12-13,19H,10H2,1-3H3,(H,18,21)/t12-,13+/m0/s1. The van der Waals surface area contributed by atoms with Gasteiger partial charge in [0.2, 0.25) is 5.91 Å². The van der Waals surface area contributed by atoms with E-state index in [1.807, 2.05) is 17.5 Å². The zero-order valence-corrected chi connectivity index (χ0v) is 16.8. The number of ether oxygens (including phenoxy) is 2. The van der Waals surface area contributed by atoms with E-state index in [2.05, 4.69) is 10.0 Å². The van der Waals surface area contributed by atoms with Gasteiger partial charge < -0.3 is 14.8 Å². The molecular formula is C17H21N3O5S2. The van der Waals surface area contributed by atoms with Crippen LogP contribution < -0.4 is 19.5 Å². The van der Waals surface area contributed by atoms with Crippen molar-refractivity contribution in [2.24, 2.45) is 0 Å². The Morgan fingerprint density at radius 1 is 1.26 bits per heavy atom. The van der Waals surface area contributed by atoms with Crippen LogP contribution in [0.15, 0.2) is 35.7 Å². The first-order valence-electron chi connectivity index (χ1n) is 8.17. The van der Waals surface area contributed by atoms with Gasteiger partial charge in [-0.3, -0.25) is 4.79 Å². The number of carbonyl (C=O) groups excluding carboxylic acids is 1. The number of benzene rings is 1. The molecular weight excluding hydrogens is 390 g/mol. The van der Waals surface area contributed by atoms with Crippen molar-refractivity contribution in [1.82, 2.24) is 9.03 Å². The number of thiophene rings is 1. The summed E-state index contributed by atoms with van der Waals surface area (Å²) < 4.78 is 39.0. The molecule has 2 aromatic rings. The van der Waals surface area contributed by atoms with Crippen LogP contribution in [0.2, 0.25) is 0 Å². The van der Waals surface area contributed by atoms with E-state index in [4.69, 9.17) is 9.47 Å². The van der Waals surface area contributed by atoms with Crippen molar-refractivity contribution < 1.29 is 22.7 Å². The van der Waals surface area contributed by atoms with Crippen LogP contribution in [-0.2, 0) is 15.0 Å². The van der Waals surface area contributed by atoms with Crippen molar-refractivity contribution in [3.05, 3.63) is 40.6 Å². The fourth-order valence-electron chi connectivity index (χ4n) is 2.93. The molecule has 2 N–H and O–H groups in total. The molecule has 0 spiro atoms. The minimum atomic E-state index is -3.76. The Labute approximate surface area is 162 Å². The Bertz CT molecular complexity index is 915. The largest absolute Gasteiger partial charge is 0.493 e. The summed E-state index contributed by atoms with van der Waals surface area (Å²) in [6.07, 6.45) is 0.329. The molecule has 0 radical (unpaired) electrons. The normalized spacial score (nSPS) is 22.2. The van der Waals surface area contributed by atoms with Crippen molar-refractivity contribution >= 4 is 33.1 Å². The number of rotatable bonds is 5. The van der Waals surface area contributed by atoms with Gasteiger partial charge in [-0.2, -0.15) is 17.4 Å². The highest BCUT2D eigenvalue weighted by atomic mass is 32.2. The predicted molar refractivity (Wildman–Crippen MR) is 103 cm³/mol. The molecule has 2 heterocycles. The number of likely N-dealkylation sites (N-methyl/N-ethyl adjacent to an activating group) is 1. The molecule has 10 heteroatoms. The first-order valence-corrected chi connectivity index (χ1v) is 10.5. The quantitative estimate of drug-likeness (QED) is 0.784. The van der Waals surface area contributed by atoms with Gasteiger partial charge >= 0.3 is 0 Å². The van der Waals surface area contributed by atoms with Crippen LogP contribution in [0.25, 0.3) is 0 Å². The number of amides is 1. The molecule has 0 saturated carbocycles. The van der Waals surface area contributed by atoms with E-state index < -0.39 is 28.2 Å². The Balaban J connectivity index is 1.82. The van der Waals surface area contributed by atoms with Crippen molar-refractivity contribution in [2.45, 2.75) is 18.5 Å². The second-order valence-corrected chi connectivity index (χ2v) is 8.76. The van der Waals surface area contributed by atoms with E-state index in [-0.39, 0.29) is 0 Å². The SMILES string of the molecule is COc1ccc(NC(=O)[C@H]2C[C@@H](c3cccs3)NS(=O)(=O)N2C)cc1OC. The molecule has 0 bridgehead atoms. The number of methoxy groups -OCH3 is 2. The highest BCUT2D eigenvalue weighted by Gasteiger charge is 2.40. The average molecular weight is 412 g/mol. The van der Waals surface area contributed by atoms with E-state index in [1.165, 1.54) is 32.6 Å². The summed E-state index contributed by atoms with van der Waals surface area (Å²) in [6, 6.07) is 7.40. The third-order valence-corrected chi connectivity index (χ3v) is 6.99. The van der Waals surface area contributed by atoms with Crippen LogP contribution in [0.3, 0.4) is 0 Å². The first-order chi connectivity index (χ1) is 12.9. The maximum Gasteiger partial charge on any atom is 0.280 e. The molecule has 0 unspecified atom stereocenters. The third kappa shape index (κ3) is 4.08. The minimum Gasteiger partial charge on any atom is -0.493 e. The zero-order valence-electron chi connectivity index (χ0n) is 15.1. The molecule has 3 rings (SSSR count). The predicted octanol–water partition coefficient (Wildman–Crippen LogP) is 1.98. The second kappa shape index (κ2) is 7.85. The Hall–Kier alpha value is -2.14. The van der Waals surface area contributed by atoms with Gasteiger partial charge in [-0.1, -0.05) is 6.07 Å². The number of nitrogens with zero attached hydrogens (tertiary/aromatic N) is 1. The number of carbonyl (C=O) groups is 1. The minimum absolute atomic E-state index is 0.329. The summed E-state index contributed by atoms with van der Waals surface area (Å²) in [6.45, 7) is 0. The summed E-state index contributed by atoms with van der Waals surface area (Å²) in [7, 11) is 0.658. The van der Waals surface area contributed by atoms with Gasteiger partial charge in [-0.15, -0.1) is 11.3 Å². The van der Waals surface area contributed by atoms with E-state index in [1.54, 1.807) is 18.2 Å². The zero-order chi connectivity index (χ0) is 19.6. The van der Waals surface area contributed by atoms with Crippen molar-refractivity contribution in [1.29, 1.82) is 0 Å². The van der Waals surface area contributed by atoms with Crippen LogP contribution in [0.1, 0.15) is 17.3 Å². The molecule has 1 saturated heterocycles. The van der Waals surface area contributed by atoms with E-state index >= 15 is 0 Å². The Morgan fingerprint density at radius 3 is 2.63 bits per heavy atom. The summed E-state index contributed by atoms with van der Waals surface area (Å²) in [5.74, 6) is 0.601. The number of hydrogen-bond acceptors (Lipinski definition) is 6. The monoisotopic (exact) mass is 411 g/mol. The fourth-order valence-corrected chi connectivity index (χ4v) is 5.06. The highest BCUT2D eigenvalue weighted by molar-refractivity contribution is 7.87. The third-order valence-electron chi connectivity index (χ3n) is 4.41. The maximum atomic E-state index is 12.8. The average Bonchev–Trinajstić information content (AvgIpc) is 3.18. The van der Waals surface area contributed by atoms with E-state index in [0.717, 1.165) is 9.18 Å². The van der Waals surface area contributed by atoms with Crippen LogP contribution in [0, 0.1) is 0 Å². The summed E-state index contributed by atoms with van der Waals surface area (Å²) in [5.41, 5.74) is 0.495. The van der Waals surface area contributed by atoms with Crippen molar-refractivity contribution in [3.8, 4) is 11.5 Å². The Kier molecular flexibility index (Phi) is 5.70.